The van der Waals surface area contributed by atoms with Gasteiger partial charge >= 0.3 is 5.97 Å². The van der Waals surface area contributed by atoms with Crippen LogP contribution in [0.15, 0.2) is 18.2 Å². The van der Waals surface area contributed by atoms with Gasteiger partial charge in [-0.2, -0.15) is 0 Å². The number of methoxy groups -OCH3 is 1. The molecular formula is C11H14ClNO2. The Kier molecular flexibility index (Phi) is 4.12. The number of carbonyl (C=O) groups is 1. The number of rotatable bonds is 3. The number of hydrogen-bond acceptors (Lipinski definition) is 3. The lowest BCUT2D eigenvalue weighted by Crippen LogP contribution is -2.17. The van der Waals surface area contributed by atoms with Gasteiger partial charge in [0.15, 0.2) is 0 Å². The normalized spacial score (nSPS) is 12.3. The second-order valence-corrected chi connectivity index (χ2v) is 3.76. The third kappa shape index (κ3) is 2.94. The fourth-order valence-electron chi connectivity index (χ4n) is 1.48. The molecule has 0 aromatic heterocycles. The zero-order valence-electron chi connectivity index (χ0n) is 8.79. The van der Waals surface area contributed by atoms with Gasteiger partial charge < -0.3 is 10.5 Å². The van der Waals surface area contributed by atoms with Gasteiger partial charge in [-0.25, -0.2) is 0 Å². The van der Waals surface area contributed by atoms with Crippen molar-refractivity contribution in [3.8, 4) is 0 Å². The molecule has 0 aliphatic heterocycles. The second kappa shape index (κ2) is 5.14. The first-order valence-electron chi connectivity index (χ1n) is 4.63. The van der Waals surface area contributed by atoms with E-state index in [0.717, 1.165) is 11.1 Å². The molecule has 0 bridgehead atoms. The van der Waals surface area contributed by atoms with E-state index in [9.17, 15) is 4.79 Å². The van der Waals surface area contributed by atoms with E-state index in [2.05, 4.69) is 4.74 Å². The van der Waals surface area contributed by atoms with Gasteiger partial charge in [0.1, 0.15) is 0 Å². The third-order valence-electron chi connectivity index (χ3n) is 2.26. The highest BCUT2D eigenvalue weighted by Crippen LogP contribution is 2.26. The van der Waals surface area contributed by atoms with E-state index < -0.39 is 6.04 Å². The topological polar surface area (TPSA) is 52.3 Å². The molecule has 0 aliphatic rings. The Morgan fingerprint density at radius 2 is 2.27 bits per heavy atom. The summed E-state index contributed by atoms with van der Waals surface area (Å²) in [6.45, 7) is 1.92. The molecule has 0 aliphatic carbocycles. The quantitative estimate of drug-likeness (QED) is 0.806. The zero-order valence-corrected chi connectivity index (χ0v) is 9.54. The summed E-state index contributed by atoms with van der Waals surface area (Å²) in [5.74, 6) is -0.332. The Bertz CT molecular complexity index is 345. The standard InChI is InChI=1S/C11H14ClNO2/c1-7-4-3-5-8(12)11(7)9(13)6-10(14)15-2/h3-5,9H,6,13H2,1-2H3/t9-/m1/s1. The summed E-state index contributed by atoms with van der Waals surface area (Å²) in [5, 5.41) is 0.589. The summed E-state index contributed by atoms with van der Waals surface area (Å²) in [5.41, 5.74) is 7.68. The lowest BCUT2D eigenvalue weighted by atomic mass is 9.99. The van der Waals surface area contributed by atoms with Gasteiger partial charge in [-0.1, -0.05) is 23.7 Å². The van der Waals surface area contributed by atoms with E-state index in [1.807, 2.05) is 19.1 Å². The Morgan fingerprint density at radius 1 is 1.60 bits per heavy atom. The number of aryl methyl sites for hydroxylation is 1. The summed E-state index contributed by atoms with van der Waals surface area (Å²) in [7, 11) is 1.34. The third-order valence-corrected chi connectivity index (χ3v) is 2.59. The highest BCUT2D eigenvalue weighted by molar-refractivity contribution is 6.31. The Balaban J connectivity index is 2.90. The van der Waals surface area contributed by atoms with Crippen LogP contribution in [0.5, 0.6) is 0 Å². The lowest BCUT2D eigenvalue weighted by Gasteiger charge is -2.15. The Labute approximate surface area is 94.2 Å². The maximum atomic E-state index is 11.1. The molecule has 0 heterocycles. The van der Waals surface area contributed by atoms with Crippen molar-refractivity contribution in [2.24, 2.45) is 5.73 Å². The average molecular weight is 228 g/mol. The average Bonchev–Trinajstić information content (AvgIpc) is 2.17. The molecule has 0 fully saturated rings. The van der Waals surface area contributed by atoms with Crippen LogP contribution in [0.1, 0.15) is 23.6 Å². The number of esters is 1. The fraction of sp³-hybridized carbons (Fsp3) is 0.364. The molecule has 0 amide bonds. The zero-order chi connectivity index (χ0) is 11.4. The molecule has 1 aromatic rings. The summed E-state index contributed by atoms with van der Waals surface area (Å²) in [6, 6.07) is 5.12. The van der Waals surface area contributed by atoms with Crippen LogP contribution in [-0.4, -0.2) is 13.1 Å². The summed E-state index contributed by atoms with van der Waals surface area (Å²) in [4.78, 5) is 11.1. The van der Waals surface area contributed by atoms with Crippen molar-refractivity contribution in [3.05, 3.63) is 34.3 Å². The van der Waals surface area contributed by atoms with Crippen LogP contribution < -0.4 is 5.73 Å². The molecule has 1 atom stereocenters. The molecular weight excluding hydrogens is 214 g/mol. The first kappa shape index (κ1) is 12.0. The summed E-state index contributed by atoms with van der Waals surface area (Å²) < 4.78 is 4.56. The van der Waals surface area contributed by atoms with Gasteiger partial charge in [-0.15, -0.1) is 0 Å². The number of nitrogens with two attached hydrogens (primary N) is 1. The van der Waals surface area contributed by atoms with Crippen LogP contribution in [0.3, 0.4) is 0 Å². The predicted octanol–water partition coefficient (Wildman–Crippen LogP) is 2.21. The van der Waals surface area contributed by atoms with Gasteiger partial charge in [0.2, 0.25) is 0 Å². The van der Waals surface area contributed by atoms with Crippen molar-refractivity contribution in [3.63, 3.8) is 0 Å². The molecule has 2 N–H and O–H groups in total. The first-order valence-corrected chi connectivity index (χ1v) is 5.01. The number of ether oxygens (including phenoxy) is 1. The Morgan fingerprint density at radius 3 is 2.80 bits per heavy atom. The predicted molar refractivity (Wildman–Crippen MR) is 59.8 cm³/mol. The number of hydrogen-bond donors (Lipinski definition) is 1. The molecule has 4 heteroatoms. The van der Waals surface area contributed by atoms with Crippen molar-refractivity contribution in [1.29, 1.82) is 0 Å². The molecule has 3 nitrogen and oxygen atoms in total. The molecule has 1 aromatic carbocycles. The van der Waals surface area contributed by atoms with E-state index in [1.54, 1.807) is 6.07 Å². The van der Waals surface area contributed by atoms with Crippen molar-refractivity contribution in [2.45, 2.75) is 19.4 Å². The van der Waals surface area contributed by atoms with Crippen LogP contribution in [0.2, 0.25) is 5.02 Å². The van der Waals surface area contributed by atoms with E-state index in [0.29, 0.717) is 5.02 Å². The SMILES string of the molecule is COC(=O)C[C@@H](N)c1c(C)cccc1Cl. The van der Waals surface area contributed by atoms with E-state index in [4.69, 9.17) is 17.3 Å². The van der Waals surface area contributed by atoms with Crippen LogP contribution >= 0.6 is 11.6 Å². The minimum Gasteiger partial charge on any atom is -0.469 e. The minimum absolute atomic E-state index is 0.140. The number of benzene rings is 1. The van der Waals surface area contributed by atoms with Gasteiger partial charge in [-0.05, 0) is 24.1 Å². The molecule has 15 heavy (non-hydrogen) atoms. The second-order valence-electron chi connectivity index (χ2n) is 3.36. The molecule has 1 rings (SSSR count). The molecule has 0 unspecified atom stereocenters. The molecule has 82 valence electrons. The largest absolute Gasteiger partial charge is 0.469 e. The minimum atomic E-state index is -0.411. The highest BCUT2D eigenvalue weighted by atomic mass is 35.5. The van der Waals surface area contributed by atoms with Crippen LogP contribution in [0.4, 0.5) is 0 Å². The maximum Gasteiger partial charge on any atom is 0.307 e. The van der Waals surface area contributed by atoms with Gasteiger partial charge in [0.05, 0.1) is 13.5 Å². The van der Waals surface area contributed by atoms with Crippen LogP contribution in [0.25, 0.3) is 0 Å². The van der Waals surface area contributed by atoms with E-state index in [1.165, 1.54) is 7.11 Å². The number of carbonyl (C=O) groups excluding carboxylic acids is 1. The first-order chi connectivity index (χ1) is 7.06. The van der Waals surface area contributed by atoms with Crippen LogP contribution in [0, 0.1) is 6.92 Å². The number of halogens is 1. The van der Waals surface area contributed by atoms with Crippen LogP contribution in [-0.2, 0) is 9.53 Å². The smallest absolute Gasteiger partial charge is 0.307 e. The maximum absolute atomic E-state index is 11.1. The van der Waals surface area contributed by atoms with Crippen molar-refractivity contribution < 1.29 is 9.53 Å². The summed E-state index contributed by atoms with van der Waals surface area (Å²) >= 11 is 6.02. The van der Waals surface area contributed by atoms with E-state index in [-0.39, 0.29) is 12.4 Å². The molecule has 0 radical (unpaired) electrons. The van der Waals surface area contributed by atoms with Gasteiger partial charge in [-0.3, -0.25) is 4.79 Å². The highest BCUT2D eigenvalue weighted by Gasteiger charge is 2.16. The monoisotopic (exact) mass is 227 g/mol. The van der Waals surface area contributed by atoms with Crippen molar-refractivity contribution >= 4 is 17.6 Å². The van der Waals surface area contributed by atoms with Crippen molar-refractivity contribution in [1.82, 2.24) is 0 Å². The Hall–Kier alpha value is -1.06. The van der Waals surface area contributed by atoms with Crippen molar-refractivity contribution in [2.75, 3.05) is 7.11 Å². The van der Waals surface area contributed by atoms with Gasteiger partial charge in [0, 0.05) is 11.1 Å². The van der Waals surface area contributed by atoms with Gasteiger partial charge in [0.25, 0.3) is 0 Å². The fourth-order valence-corrected chi connectivity index (χ4v) is 1.84. The molecule has 0 saturated heterocycles. The molecule has 0 saturated carbocycles. The molecule has 0 spiro atoms. The summed E-state index contributed by atoms with van der Waals surface area (Å²) in [6.07, 6.45) is 0.140. The van der Waals surface area contributed by atoms with E-state index >= 15 is 0 Å². The lowest BCUT2D eigenvalue weighted by molar-refractivity contribution is -0.141.